The van der Waals surface area contributed by atoms with E-state index in [1.165, 1.54) is 18.4 Å². The maximum absolute atomic E-state index is 11.8. The summed E-state index contributed by atoms with van der Waals surface area (Å²) in [5, 5.41) is 1.86. The van der Waals surface area contributed by atoms with Crippen molar-refractivity contribution in [3.63, 3.8) is 0 Å². The Bertz CT molecular complexity index is 385. The van der Waals surface area contributed by atoms with Gasteiger partial charge in [0.05, 0.1) is 17.9 Å². The summed E-state index contributed by atoms with van der Waals surface area (Å²) >= 11 is 1.41. The molecule has 0 radical (unpaired) electrons. The standard InChI is InChI=1S/C10H12N2O3S/c1-15-11-9(13)7-5-12(6-7)10(14)8-3-2-4-16-8/h2-4,7H,5-6H2,1H3,(H,11,13). The highest BCUT2D eigenvalue weighted by atomic mass is 32.1. The highest BCUT2D eigenvalue weighted by molar-refractivity contribution is 7.12. The summed E-state index contributed by atoms with van der Waals surface area (Å²) in [5.41, 5.74) is 2.27. The Labute approximate surface area is 97.0 Å². The summed E-state index contributed by atoms with van der Waals surface area (Å²) < 4.78 is 0. The Balaban J connectivity index is 1.85. The van der Waals surface area contributed by atoms with Crippen molar-refractivity contribution in [3.8, 4) is 0 Å². The summed E-state index contributed by atoms with van der Waals surface area (Å²) in [6.07, 6.45) is 0. The molecule has 1 saturated heterocycles. The maximum atomic E-state index is 11.8. The van der Waals surface area contributed by atoms with Gasteiger partial charge in [-0.3, -0.25) is 14.4 Å². The molecule has 5 nitrogen and oxygen atoms in total. The van der Waals surface area contributed by atoms with Gasteiger partial charge in [-0.05, 0) is 11.4 Å². The molecule has 1 aromatic heterocycles. The molecule has 6 heteroatoms. The second-order valence-electron chi connectivity index (χ2n) is 3.55. The topological polar surface area (TPSA) is 58.6 Å². The fourth-order valence-corrected chi connectivity index (χ4v) is 2.24. The van der Waals surface area contributed by atoms with E-state index in [-0.39, 0.29) is 17.7 Å². The van der Waals surface area contributed by atoms with Gasteiger partial charge in [0, 0.05) is 13.1 Å². The number of hydroxylamine groups is 1. The predicted octanol–water partition coefficient (Wildman–Crippen LogP) is 0.498. The van der Waals surface area contributed by atoms with Crippen molar-refractivity contribution in [2.75, 3.05) is 20.2 Å². The lowest BCUT2D eigenvalue weighted by molar-refractivity contribution is -0.139. The van der Waals surface area contributed by atoms with Crippen molar-refractivity contribution < 1.29 is 14.4 Å². The fraction of sp³-hybridized carbons (Fsp3) is 0.400. The zero-order valence-corrected chi connectivity index (χ0v) is 9.62. The van der Waals surface area contributed by atoms with Crippen LogP contribution in [0.1, 0.15) is 9.67 Å². The van der Waals surface area contributed by atoms with Gasteiger partial charge in [0.15, 0.2) is 0 Å². The van der Waals surface area contributed by atoms with Gasteiger partial charge in [-0.15, -0.1) is 11.3 Å². The molecular weight excluding hydrogens is 228 g/mol. The van der Waals surface area contributed by atoms with Crippen LogP contribution in [0, 0.1) is 5.92 Å². The van der Waals surface area contributed by atoms with Crippen LogP contribution in [0.25, 0.3) is 0 Å². The monoisotopic (exact) mass is 240 g/mol. The minimum atomic E-state index is -0.169. The van der Waals surface area contributed by atoms with Crippen LogP contribution in [0.5, 0.6) is 0 Å². The van der Waals surface area contributed by atoms with Crippen molar-refractivity contribution in [3.05, 3.63) is 22.4 Å². The van der Waals surface area contributed by atoms with E-state index in [0.29, 0.717) is 18.0 Å². The molecule has 0 unspecified atom stereocenters. The lowest BCUT2D eigenvalue weighted by Crippen LogP contribution is -2.55. The number of nitrogens with zero attached hydrogens (tertiary/aromatic N) is 1. The first-order chi connectivity index (χ1) is 7.72. The Morgan fingerprint density at radius 1 is 1.56 bits per heavy atom. The smallest absolute Gasteiger partial charge is 0.263 e. The average molecular weight is 240 g/mol. The zero-order valence-electron chi connectivity index (χ0n) is 8.80. The van der Waals surface area contributed by atoms with Crippen LogP contribution < -0.4 is 5.48 Å². The number of carbonyl (C=O) groups is 2. The van der Waals surface area contributed by atoms with Gasteiger partial charge in [-0.25, -0.2) is 5.48 Å². The molecule has 16 heavy (non-hydrogen) atoms. The fourth-order valence-electron chi connectivity index (χ4n) is 1.55. The third-order valence-corrected chi connectivity index (χ3v) is 3.33. The van der Waals surface area contributed by atoms with E-state index >= 15 is 0 Å². The minimum Gasteiger partial charge on any atom is -0.336 e. The second kappa shape index (κ2) is 4.63. The van der Waals surface area contributed by atoms with E-state index in [0.717, 1.165) is 0 Å². The maximum Gasteiger partial charge on any atom is 0.263 e. The van der Waals surface area contributed by atoms with Gasteiger partial charge in [0.25, 0.3) is 5.91 Å². The summed E-state index contributed by atoms with van der Waals surface area (Å²) in [7, 11) is 1.39. The second-order valence-corrected chi connectivity index (χ2v) is 4.50. The predicted molar refractivity (Wildman–Crippen MR) is 58.9 cm³/mol. The molecule has 0 spiro atoms. The van der Waals surface area contributed by atoms with Gasteiger partial charge in [-0.1, -0.05) is 6.07 Å². The minimum absolute atomic E-state index is 0.00327. The number of hydrogen-bond donors (Lipinski definition) is 1. The summed E-state index contributed by atoms with van der Waals surface area (Å²) in [4.78, 5) is 30.0. The normalized spacial score (nSPS) is 15.7. The number of carbonyl (C=O) groups excluding carboxylic acids is 2. The third kappa shape index (κ3) is 2.07. The third-order valence-electron chi connectivity index (χ3n) is 2.47. The molecule has 86 valence electrons. The molecular formula is C10H12N2O3S. The number of nitrogens with one attached hydrogen (secondary N) is 1. The molecule has 1 fully saturated rings. The Morgan fingerprint density at radius 3 is 2.88 bits per heavy atom. The first-order valence-corrected chi connectivity index (χ1v) is 5.76. The van der Waals surface area contributed by atoms with E-state index < -0.39 is 0 Å². The van der Waals surface area contributed by atoms with E-state index in [1.54, 1.807) is 11.0 Å². The number of amides is 2. The molecule has 1 aromatic rings. The largest absolute Gasteiger partial charge is 0.336 e. The van der Waals surface area contributed by atoms with E-state index in [9.17, 15) is 9.59 Å². The summed E-state index contributed by atoms with van der Waals surface area (Å²) in [6.45, 7) is 0.928. The van der Waals surface area contributed by atoms with Gasteiger partial charge >= 0.3 is 0 Å². The van der Waals surface area contributed by atoms with Crippen molar-refractivity contribution in [2.24, 2.45) is 5.92 Å². The molecule has 0 saturated carbocycles. The molecule has 1 N–H and O–H groups in total. The van der Waals surface area contributed by atoms with Crippen LogP contribution in [0.3, 0.4) is 0 Å². The quantitative estimate of drug-likeness (QED) is 0.783. The number of hydrogen-bond acceptors (Lipinski definition) is 4. The van der Waals surface area contributed by atoms with Crippen molar-refractivity contribution in [1.82, 2.24) is 10.4 Å². The Kier molecular flexibility index (Phi) is 3.21. The van der Waals surface area contributed by atoms with Crippen LogP contribution in [-0.2, 0) is 9.63 Å². The molecule has 0 atom stereocenters. The van der Waals surface area contributed by atoms with Gasteiger partial charge in [-0.2, -0.15) is 0 Å². The first-order valence-electron chi connectivity index (χ1n) is 4.88. The molecule has 2 amide bonds. The highest BCUT2D eigenvalue weighted by Gasteiger charge is 2.36. The Hall–Kier alpha value is -1.40. The molecule has 0 bridgehead atoms. The van der Waals surface area contributed by atoms with Crippen LogP contribution >= 0.6 is 11.3 Å². The number of likely N-dealkylation sites (tertiary alicyclic amines) is 1. The van der Waals surface area contributed by atoms with Gasteiger partial charge < -0.3 is 4.90 Å². The van der Waals surface area contributed by atoms with E-state index in [4.69, 9.17) is 0 Å². The van der Waals surface area contributed by atoms with E-state index in [1.807, 2.05) is 11.4 Å². The summed E-state index contributed by atoms with van der Waals surface area (Å²) in [5.74, 6) is -0.321. The average Bonchev–Trinajstić information content (AvgIpc) is 2.68. The molecule has 2 heterocycles. The molecule has 0 aliphatic carbocycles. The Morgan fingerprint density at radius 2 is 2.31 bits per heavy atom. The van der Waals surface area contributed by atoms with Crippen LogP contribution in [0.2, 0.25) is 0 Å². The van der Waals surface area contributed by atoms with Crippen LogP contribution in [-0.4, -0.2) is 36.9 Å². The lowest BCUT2D eigenvalue weighted by Gasteiger charge is -2.37. The van der Waals surface area contributed by atoms with Gasteiger partial charge in [0.2, 0.25) is 5.91 Å². The number of rotatable bonds is 3. The van der Waals surface area contributed by atoms with Crippen molar-refractivity contribution in [2.45, 2.75) is 0 Å². The van der Waals surface area contributed by atoms with Crippen molar-refractivity contribution in [1.29, 1.82) is 0 Å². The molecule has 2 rings (SSSR count). The molecule has 1 aliphatic heterocycles. The highest BCUT2D eigenvalue weighted by Crippen LogP contribution is 2.20. The first kappa shape index (κ1) is 11.1. The zero-order chi connectivity index (χ0) is 11.5. The lowest BCUT2D eigenvalue weighted by atomic mass is 9.99. The van der Waals surface area contributed by atoms with Crippen LogP contribution in [0.15, 0.2) is 17.5 Å². The number of thiophene rings is 1. The molecule has 0 aromatic carbocycles. The SMILES string of the molecule is CONC(=O)C1CN(C(=O)c2cccs2)C1. The van der Waals surface area contributed by atoms with Gasteiger partial charge in [0.1, 0.15) is 0 Å². The summed E-state index contributed by atoms with van der Waals surface area (Å²) in [6, 6.07) is 3.63. The van der Waals surface area contributed by atoms with Crippen molar-refractivity contribution >= 4 is 23.2 Å². The van der Waals surface area contributed by atoms with Crippen LogP contribution in [0.4, 0.5) is 0 Å². The van der Waals surface area contributed by atoms with E-state index in [2.05, 4.69) is 10.3 Å². The molecule has 1 aliphatic rings.